The van der Waals surface area contributed by atoms with Gasteiger partial charge in [0.15, 0.2) is 0 Å². The number of anilines is 1. The van der Waals surface area contributed by atoms with Crippen LogP contribution >= 0.6 is 11.6 Å². The molecular weight excluding hydrogens is 290 g/mol. The Morgan fingerprint density at radius 1 is 1.29 bits per heavy atom. The molecule has 21 heavy (non-hydrogen) atoms. The summed E-state index contributed by atoms with van der Waals surface area (Å²) in [5.41, 5.74) is 1.84. The van der Waals surface area contributed by atoms with Crippen molar-refractivity contribution >= 4 is 23.3 Å². The fourth-order valence-electron chi connectivity index (χ4n) is 1.92. The van der Waals surface area contributed by atoms with E-state index in [-0.39, 0.29) is 10.6 Å². The number of carboxylic acid groups (broad SMARTS) is 1. The quantitative estimate of drug-likeness (QED) is 0.845. The summed E-state index contributed by atoms with van der Waals surface area (Å²) >= 11 is 5.84. The van der Waals surface area contributed by atoms with E-state index in [0.29, 0.717) is 18.8 Å². The average molecular weight is 306 g/mol. The van der Waals surface area contributed by atoms with Crippen LogP contribution in [0.15, 0.2) is 42.5 Å². The first-order valence-electron chi connectivity index (χ1n) is 6.58. The molecule has 110 valence electrons. The van der Waals surface area contributed by atoms with Gasteiger partial charge in [0, 0.05) is 12.2 Å². The van der Waals surface area contributed by atoms with E-state index in [1.165, 1.54) is 6.07 Å². The summed E-state index contributed by atoms with van der Waals surface area (Å²) in [4.78, 5) is 11.0. The number of rotatable bonds is 6. The Kier molecular flexibility index (Phi) is 5.06. The maximum atomic E-state index is 11.0. The zero-order chi connectivity index (χ0) is 15.2. The normalized spacial score (nSPS) is 10.2. The first kappa shape index (κ1) is 15.2. The highest BCUT2D eigenvalue weighted by Crippen LogP contribution is 2.21. The van der Waals surface area contributed by atoms with Crippen LogP contribution in [0.4, 0.5) is 5.69 Å². The highest BCUT2D eigenvalue weighted by Gasteiger charge is 2.09. The lowest BCUT2D eigenvalue weighted by molar-refractivity contribution is 0.0697. The van der Waals surface area contributed by atoms with E-state index in [1.54, 1.807) is 12.1 Å². The van der Waals surface area contributed by atoms with Crippen molar-refractivity contribution in [3.63, 3.8) is 0 Å². The number of ether oxygens (including phenoxy) is 1. The second-order valence-corrected chi connectivity index (χ2v) is 4.84. The summed E-state index contributed by atoms with van der Waals surface area (Å²) < 4.78 is 5.44. The minimum atomic E-state index is -1.04. The van der Waals surface area contributed by atoms with Crippen LogP contribution in [-0.2, 0) is 6.54 Å². The molecule has 2 N–H and O–H groups in total. The minimum Gasteiger partial charge on any atom is -0.494 e. The molecule has 2 aromatic rings. The molecule has 0 aliphatic heterocycles. The lowest BCUT2D eigenvalue weighted by Gasteiger charge is -2.10. The Morgan fingerprint density at radius 3 is 2.81 bits per heavy atom. The molecule has 0 saturated heterocycles. The number of hydrogen-bond acceptors (Lipinski definition) is 3. The van der Waals surface area contributed by atoms with Gasteiger partial charge in [0.05, 0.1) is 17.2 Å². The number of halogens is 1. The lowest BCUT2D eigenvalue weighted by atomic mass is 10.1. The molecule has 0 aromatic heterocycles. The van der Waals surface area contributed by atoms with Crippen molar-refractivity contribution in [3.05, 3.63) is 58.6 Å². The topological polar surface area (TPSA) is 58.6 Å². The molecule has 0 amide bonds. The molecule has 0 atom stereocenters. The van der Waals surface area contributed by atoms with Gasteiger partial charge in [-0.2, -0.15) is 0 Å². The third-order valence-electron chi connectivity index (χ3n) is 2.90. The molecule has 0 bridgehead atoms. The van der Waals surface area contributed by atoms with E-state index in [1.807, 2.05) is 31.2 Å². The number of benzene rings is 2. The Balaban J connectivity index is 2.07. The second kappa shape index (κ2) is 6.99. The van der Waals surface area contributed by atoms with Crippen LogP contribution in [0.5, 0.6) is 5.75 Å². The van der Waals surface area contributed by atoms with E-state index < -0.39 is 5.97 Å². The first-order valence-corrected chi connectivity index (χ1v) is 6.96. The van der Waals surface area contributed by atoms with Gasteiger partial charge in [-0.3, -0.25) is 0 Å². The SMILES string of the molecule is CCOc1cccc(CNc2ccc(Cl)c(C(=O)O)c2)c1. The number of carboxylic acids is 1. The zero-order valence-corrected chi connectivity index (χ0v) is 12.4. The van der Waals surface area contributed by atoms with Crippen molar-refractivity contribution in [2.75, 3.05) is 11.9 Å². The van der Waals surface area contributed by atoms with Crippen molar-refractivity contribution in [3.8, 4) is 5.75 Å². The smallest absolute Gasteiger partial charge is 0.337 e. The van der Waals surface area contributed by atoms with Crippen LogP contribution in [0.25, 0.3) is 0 Å². The molecule has 0 heterocycles. The Hall–Kier alpha value is -2.20. The van der Waals surface area contributed by atoms with E-state index in [9.17, 15) is 4.79 Å². The van der Waals surface area contributed by atoms with Gasteiger partial charge in [0.1, 0.15) is 5.75 Å². The molecule has 2 rings (SSSR count). The predicted molar refractivity (Wildman–Crippen MR) is 83.3 cm³/mol. The van der Waals surface area contributed by atoms with Crippen LogP contribution in [0.1, 0.15) is 22.8 Å². The molecule has 0 aliphatic carbocycles. The highest BCUT2D eigenvalue weighted by molar-refractivity contribution is 6.33. The Bertz CT molecular complexity index is 643. The summed E-state index contributed by atoms with van der Waals surface area (Å²) in [5.74, 6) is -0.221. The highest BCUT2D eigenvalue weighted by atomic mass is 35.5. The van der Waals surface area contributed by atoms with Crippen LogP contribution in [0.3, 0.4) is 0 Å². The molecule has 0 unspecified atom stereocenters. The third-order valence-corrected chi connectivity index (χ3v) is 3.23. The van der Waals surface area contributed by atoms with E-state index in [0.717, 1.165) is 11.3 Å². The summed E-state index contributed by atoms with van der Waals surface area (Å²) in [5, 5.41) is 12.4. The Labute approximate surface area is 128 Å². The molecule has 4 nitrogen and oxygen atoms in total. The van der Waals surface area contributed by atoms with Crippen molar-refractivity contribution in [2.24, 2.45) is 0 Å². The fraction of sp³-hybridized carbons (Fsp3) is 0.188. The van der Waals surface area contributed by atoms with Gasteiger partial charge in [0.25, 0.3) is 0 Å². The van der Waals surface area contributed by atoms with Gasteiger partial charge in [-0.15, -0.1) is 0 Å². The molecular formula is C16H16ClNO3. The zero-order valence-electron chi connectivity index (χ0n) is 11.6. The van der Waals surface area contributed by atoms with Crippen LogP contribution in [0.2, 0.25) is 5.02 Å². The molecule has 5 heteroatoms. The fourth-order valence-corrected chi connectivity index (χ4v) is 2.11. The van der Waals surface area contributed by atoms with Gasteiger partial charge in [-0.1, -0.05) is 23.7 Å². The molecule has 0 fully saturated rings. The monoisotopic (exact) mass is 305 g/mol. The van der Waals surface area contributed by atoms with Crippen LogP contribution in [0, 0.1) is 0 Å². The third kappa shape index (κ3) is 4.13. The summed E-state index contributed by atoms with van der Waals surface area (Å²) in [6.45, 7) is 3.13. The lowest BCUT2D eigenvalue weighted by Crippen LogP contribution is -2.03. The van der Waals surface area contributed by atoms with Gasteiger partial charge < -0.3 is 15.2 Å². The van der Waals surface area contributed by atoms with Gasteiger partial charge in [-0.05, 0) is 42.8 Å². The van der Waals surface area contributed by atoms with Crippen molar-refractivity contribution in [2.45, 2.75) is 13.5 Å². The standard InChI is InChI=1S/C16H16ClNO3/c1-2-21-13-5-3-4-11(8-13)10-18-12-6-7-15(17)14(9-12)16(19)20/h3-9,18H,2,10H2,1H3,(H,19,20). The summed E-state index contributed by atoms with van der Waals surface area (Å²) in [6, 6.07) is 12.6. The van der Waals surface area contributed by atoms with Gasteiger partial charge in [0.2, 0.25) is 0 Å². The maximum Gasteiger partial charge on any atom is 0.337 e. The second-order valence-electron chi connectivity index (χ2n) is 4.43. The van der Waals surface area contributed by atoms with Crippen LogP contribution < -0.4 is 10.1 Å². The summed E-state index contributed by atoms with van der Waals surface area (Å²) in [6.07, 6.45) is 0. The van der Waals surface area contributed by atoms with Crippen LogP contribution in [-0.4, -0.2) is 17.7 Å². The molecule has 0 saturated carbocycles. The number of hydrogen-bond donors (Lipinski definition) is 2. The molecule has 2 aromatic carbocycles. The first-order chi connectivity index (χ1) is 10.1. The van der Waals surface area contributed by atoms with E-state index >= 15 is 0 Å². The van der Waals surface area contributed by atoms with Gasteiger partial charge in [-0.25, -0.2) is 4.79 Å². The van der Waals surface area contributed by atoms with Crippen molar-refractivity contribution in [1.82, 2.24) is 0 Å². The Morgan fingerprint density at radius 2 is 2.10 bits per heavy atom. The minimum absolute atomic E-state index is 0.0877. The van der Waals surface area contributed by atoms with Crippen molar-refractivity contribution < 1.29 is 14.6 Å². The maximum absolute atomic E-state index is 11.0. The molecule has 0 spiro atoms. The molecule has 0 aliphatic rings. The van der Waals surface area contributed by atoms with Crippen molar-refractivity contribution in [1.29, 1.82) is 0 Å². The predicted octanol–water partition coefficient (Wildman–Crippen LogP) is 4.05. The van der Waals surface area contributed by atoms with Gasteiger partial charge >= 0.3 is 5.97 Å². The largest absolute Gasteiger partial charge is 0.494 e. The summed E-state index contributed by atoms with van der Waals surface area (Å²) in [7, 11) is 0. The molecule has 0 radical (unpaired) electrons. The number of carbonyl (C=O) groups is 1. The van der Waals surface area contributed by atoms with E-state index in [4.69, 9.17) is 21.4 Å². The number of aromatic carboxylic acids is 1. The number of nitrogens with one attached hydrogen (secondary N) is 1. The average Bonchev–Trinajstić information content (AvgIpc) is 2.47. The van der Waals surface area contributed by atoms with E-state index in [2.05, 4.69) is 5.32 Å².